The maximum atomic E-state index is 12.2. The second-order valence-electron chi connectivity index (χ2n) is 5.21. The van der Waals surface area contributed by atoms with Crippen LogP contribution in [-0.4, -0.2) is 31.8 Å². The minimum Gasteiger partial charge on any atom is -0.460 e. The lowest BCUT2D eigenvalue weighted by Crippen LogP contribution is -2.11. The number of ether oxygens (including phenoxy) is 3. The van der Waals surface area contributed by atoms with Gasteiger partial charge in [0.1, 0.15) is 12.4 Å². The molecule has 25 heavy (non-hydrogen) atoms. The largest absolute Gasteiger partial charge is 0.460 e. The molecule has 0 amide bonds. The first-order chi connectivity index (χ1) is 12.0. The predicted molar refractivity (Wildman–Crippen MR) is 102 cm³/mol. The van der Waals surface area contributed by atoms with Crippen LogP contribution in [0.25, 0.3) is 0 Å². The highest BCUT2D eigenvalue weighted by Gasteiger charge is 2.11. The number of rotatable bonds is 7. The molecule has 2 aromatic rings. The second kappa shape index (κ2) is 9.53. The average Bonchev–Trinajstić information content (AvgIpc) is 2.61. The zero-order valence-corrected chi connectivity index (χ0v) is 16.2. The summed E-state index contributed by atoms with van der Waals surface area (Å²) in [4.78, 5) is 24.0. The normalized spacial score (nSPS) is 10.4. The van der Waals surface area contributed by atoms with Crippen LogP contribution in [0.4, 0.5) is 0 Å². The van der Waals surface area contributed by atoms with Crippen molar-refractivity contribution in [2.45, 2.75) is 13.8 Å². The number of benzene rings is 2. The van der Waals surface area contributed by atoms with Crippen LogP contribution in [-0.2, 0) is 9.47 Å². The molecule has 0 bridgehead atoms. The molecule has 0 aliphatic rings. The number of carbonyl (C=O) groups excluding carboxylic acids is 2. The van der Waals surface area contributed by atoms with E-state index in [1.54, 1.807) is 36.4 Å². The van der Waals surface area contributed by atoms with Gasteiger partial charge in [0.25, 0.3) is 0 Å². The highest BCUT2D eigenvalue weighted by Crippen LogP contribution is 2.17. The summed E-state index contributed by atoms with van der Waals surface area (Å²) in [5.41, 5.74) is 1.97. The number of halogens is 1. The molecule has 0 saturated carbocycles. The zero-order valence-electron chi connectivity index (χ0n) is 14.1. The van der Waals surface area contributed by atoms with Gasteiger partial charge in [-0.3, -0.25) is 0 Å². The van der Waals surface area contributed by atoms with Crippen molar-refractivity contribution >= 4 is 34.5 Å². The van der Waals surface area contributed by atoms with Gasteiger partial charge in [0, 0.05) is 10.2 Å². The van der Waals surface area contributed by atoms with Crippen molar-refractivity contribution in [1.82, 2.24) is 0 Å². The summed E-state index contributed by atoms with van der Waals surface area (Å²) >= 11 is 2.17. The fraction of sp³-hybridized carbons (Fsp3) is 0.263. The first-order valence-corrected chi connectivity index (χ1v) is 8.92. The van der Waals surface area contributed by atoms with E-state index in [2.05, 4.69) is 22.6 Å². The standard InChI is InChI=1S/C19H19IO5/c1-3-23-10-11-24-18(21)14-6-8-16(9-7-14)25-19(22)15-5-4-13(2)17(20)12-15/h4-9,12H,3,10-11H2,1-2H3. The smallest absolute Gasteiger partial charge is 0.343 e. The molecule has 0 atom stereocenters. The first kappa shape index (κ1) is 19.4. The van der Waals surface area contributed by atoms with E-state index in [1.165, 1.54) is 0 Å². The van der Waals surface area contributed by atoms with E-state index in [1.807, 2.05) is 19.9 Å². The van der Waals surface area contributed by atoms with E-state index in [4.69, 9.17) is 14.2 Å². The second-order valence-corrected chi connectivity index (χ2v) is 6.37. The van der Waals surface area contributed by atoms with Gasteiger partial charge in [0.15, 0.2) is 0 Å². The van der Waals surface area contributed by atoms with Gasteiger partial charge in [-0.25, -0.2) is 9.59 Å². The summed E-state index contributed by atoms with van der Waals surface area (Å²) < 4.78 is 16.5. The van der Waals surface area contributed by atoms with Gasteiger partial charge in [-0.05, 0) is 78.4 Å². The lowest BCUT2D eigenvalue weighted by molar-refractivity contribution is 0.0335. The van der Waals surface area contributed by atoms with Gasteiger partial charge in [0.05, 0.1) is 17.7 Å². The molecule has 0 aliphatic heterocycles. The molecule has 0 heterocycles. The maximum absolute atomic E-state index is 12.2. The van der Waals surface area contributed by atoms with Crippen LogP contribution in [0.5, 0.6) is 5.75 Å². The van der Waals surface area contributed by atoms with Crippen LogP contribution in [0.1, 0.15) is 33.2 Å². The van der Waals surface area contributed by atoms with E-state index >= 15 is 0 Å². The Labute approximate surface area is 160 Å². The van der Waals surface area contributed by atoms with Gasteiger partial charge in [0.2, 0.25) is 0 Å². The molecule has 0 unspecified atom stereocenters. The van der Waals surface area contributed by atoms with Crippen molar-refractivity contribution in [3.8, 4) is 5.75 Å². The summed E-state index contributed by atoms with van der Waals surface area (Å²) in [7, 11) is 0. The van der Waals surface area contributed by atoms with Gasteiger partial charge in [-0.2, -0.15) is 0 Å². The lowest BCUT2D eigenvalue weighted by atomic mass is 10.1. The van der Waals surface area contributed by atoms with E-state index in [0.29, 0.717) is 30.1 Å². The number of hydrogen-bond donors (Lipinski definition) is 0. The molecular weight excluding hydrogens is 435 g/mol. The summed E-state index contributed by atoms with van der Waals surface area (Å²) in [5.74, 6) is -0.512. The van der Waals surface area contributed by atoms with Gasteiger partial charge >= 0.3 is 11.9 Å². The predicted octanol–water partition coefficient (Wildman–Crippen LogP) is 4.01. The van der Waals surface area contributed by atoms with Crippen LogP contribution in [0.15, 0.2) is 42.5 Å². The molecule has 0 spiro atoms. The van der Waals surface area contributed by atoms with Crippen LogP contribution in [0.2, 0.25) is 0 Å². The molecular formula is C19H19IO5. The van der Waals surface area contributed by atoms with Crippen molar-refractivity contribution in [3.63, 3.8) is 0 Å². The molecule has 6 heteroatoms. The van der Waals surface area contributed by atoms with E-state index in [9.17, 15) is 9.59 Å². The third kappa shape index (κ3) is 5.82. The highest BCUT2D eigenvalue weighted by molar-refractivity contribution is 14.1. The molecule has 0 radical (unpaired) electrons. The fourth-order valence-electron chi connectivity index (χ4n) is 1.97. The quantitative estimate of drug-likeness (QED) is 0.274. The molecule has 132 valence electrons. The number of esters is 2. The van der Waals surface area contributed by atoms with E-state index in [-0.39, 0.29) is 6.61 Å². The third-order valence-corrected chi connectivity index (χ3v) is 4.54. The molecule has 2 rings (SSSR count). The Balaban J connectivity index is 1.94. The van der Waals surface area contributed by atoms with E-state index in [0.717, 1.165) is 9.13 Å². The lowest BCUT2D eigenvalue weighted by Gasteiger charge is -2.07. The first-order valence-electron chi connectivity index (χ1n) is 7.84. The van der Waals surface area contributed by atoms with Gasteiger partial charge in [-0.1, -0.05) is 6.07 Å². The minimum atomic E-state index is -0.440. The van der Waals surface area contributed by atoms with Crippen LogP contribution in [0, 0.1) is 10.5 Å². The summed E-state index contributed by atoms with van der Waals surface area (Å²) in [6.07, 6.45) is 0. The Hall–Kier alpha value is -1.93. The average molecular weight is 454 g/mol. The van der Waals surface area contributed by atoms with Gasteiger partial charge < -0.3 is 14.2 Å². The molecule has 0 fully saturated rings. The minimum absolute atomic E-state index is 0.204. The number of hydrogen-bond acceptors (Lipinski definition) is 5. The maximum Gasteiger partial charge on any atom is 0.343 e. The topological polar surface area (TPSA) is 61.8 Å². The Morgan fingerprint density at radius 2 is 1.64 bits per heavy atom. The summed E-state index contributed by atoms with van der Waals surface area (Å²) in [6, 6.07) is 11.6. The zero-order chi connectivity index (χ0) is 18.2. The fourth-order valence-corrected chi connectivity index (χ4v) is 2.48. The van der Waals surface area contributed by atoms with Crippen molar-refractivity contribution in [3.05, 3.63) is 62.7 Å². The van der Waals surface area contributed by atoms with E-state index < -0.39 is 11.9 Å². The summed E-state index contributed by atoms with van der Waals surface area (Å²) in [6.45, 7) is 5.00. The van der Waals surface area contributed by atoms with Crippen molar-refractivity contribution in [2.24, 2.45) is 0 Å². The Bertz CT molecular complexity index is 740. The summed E-state index contributed by atoms with van der Waals surface area (Å²) in [5, 5.41) is 0. The van der Waals surface area contributed by atoms with Crippen molar-refractivity contribution < 1.29 is 23.8 Å². The van der Waals surface area contributed by atoms with Crippen LogP contribution >= 0.6 is 22.6 Å². The molecule has 2 aromatic carbocycles. The SMILES string of the molecule is CCOCCOC(=O)c1ccc(OC(=O)c2ccc(C)c(I)c2)cc1. The Morgan fingerprint density at radius 3 is 2.28 bits per heavy atom. The third-order valence-electron chi connectivity index (χ3n) is 3.37. The molecule has 0 N–H and O–H groups in total. The monoisotopic (exact) mass is 454 g/mol. The van der Waals surface area contributed by atoms with Crippen molar-refractivity contribution in [1.29, 1.82) is 0 Å². The Kier molecular flexibility index (Phi) is 7.39. The molecule has 0 aliphatic carbocycles. The number of carbonyl (C=O) groups is 2. The molecule has 5 nitrogen and oxygen atoms in total. The highest BCUT2D eigenvalue weighted by atomic mass is 127. The Morgan fingerprint density at radius 1 is 0.960 bits per heavy atom. The molecule has 0 aromatic heterocycles. The van der Waals surface area contributed by atoms with Crippen LogP contribution in [0.3, 0.4) is 0 Å². The van der Waals surface area contributed by atoms with Crippen LogP contribution < -0.4 is 4.74 Å². The van der Waals surface area contributed by atoms with Crippen molar-refractivity contribution in [2.75, 3.05) is 19.8 Å². The number of aryl methyl sites for hydroxylation is 1. The molecule has 0 saturated heterocycles. The van der Waals surface area contributed by atoms with Gasteiger partial charge in [-0.15, -0.1) is 0 Å².